The van der Waals surface area contributed by atoms with Crippen molar-refractivity contribution in [3.8, 4) is 0 Å². The van der Waals surface area contributed by atoms with E-state index in [0.29, 0.717) is 17.7 Å². The number of Topliss-reactive ketones (excluding diaryl/α,β-unsaturated/α-hetero) is 1. The first-order valence-electron chi connectivity index (χ1n) is 8.00. The number of ketones is 1. The number of carbonyl (C=O) groups is 3. The summed E-state index contributed by atoms with van der Waals surface area (Å²) in [7, 11) is -1.41. The molecule has 1 N–H and O–H groups in total. The lowest BCUT2D eigenvalue weighted by Crippen LogP contribution is -2.45. The monoisotopic (exact) mass is 443 g/mol. The first-order chi connectivity index (χ1) is 12.2. The van der Waals surface area contributed by atoms with Crippen LogP contribution >= 0.6 is 15.9 Å². The number of rotatable bonds is 5. The number of halogens is 1. The minimum absolute atomic E-state index is 0.0160. The van der Waals surface area contributed by atoms with Gasteiger partial charge >= 0.3 is 5.91 Å². The number of benzene rings is 1. The van der Waals surface area contributed by atoms with Gasteiger partial charge in [-0.05, 0) is 31.7 Å². The van der Waals surface area contributed by atoms with E-state index in [9.17, 15) is 22.8 Å². The molecule has 0 spiro atoms. The van der Waals surface area contributed by atoms with Crippen LogP contribution in [0.3, 0.4) is 0 Å². The van der Waals surface area contributed by atoms with Crippen molar-refractivity contribution in [1.82, 2.24) is 10.2 Å². The van der Waals surface area contributed by atoms with Crippen molar-refractivity contribution in [2.75, 3.05) is 36.7 Å². The molecule has 1 fully saturated rings. The Labute approximate surface area is 159 Å². The Morgan fingerprint density at radius 3 is 2.77 bits per heavy atom. The first kappa shape index (κ1) is 19.0. The Balaban J connectivity index is 1.61. The summed E-state index contributed by atoms with van der Waals surface area (Å²) in [6.07, 6.45) is 0.415. The number of hydrogen-bond donors (Lipinski definition) is 1. The summed E-state index contributed by atoms with van der Waals surface area (Å²) in [5.41, 5.74) is 0.843. The van der Waals surface area contributed by atoms with Crippen molar-refractivity contribution in [2.24, 2.45) is 0 Å². The molecule has 1 aromatic carbocycles. The molecular weight excluding hydrogens is 426 g/mol. The van der Waals surface area contributed by atoms with E-state index in [1.165, 1.54) is 4.90 Å². The Hall–Kier alpha value is -1.78. The molecule has 2 aliphatic rings. The summed E-state index contributed by atoms with van der Waals surface area (Å²) in [6.45, 7) is 0.0578. The van der Waals surface area contributed by atoms with Crippen LogP contribution in [0.5, 0.6) is 0 Å². The van der Waals surface area contributed by atoms with Gasteiger partial charge in [-0.25, -0.2) is 8.42 Å². The van der Waals surface area contributed by atoms with Crippen molar-refractivity contribution < 1.29 is 22.8 Å². The zero-order valence-electron chi connectivity index (χ0n) is 14.1. The third-order valence-corrected chi connectivity index (χ3v) is 6.59. The molecule has 1 unspecified atom stereocenters. The molecule has 10 heteroatoms. The van der Waals surface area contributed by atoms with E-state index in [1.807, 2.05) is 0 Å². The molecule has 26 heavy (non-hydrogen) atoms. The molecule has 0 bridgehead atoms. The SMILES string of the molecule is CN(CC(=O)NC1CCS(=O)(=O)C1)CN1C(=O)C(=O)c2ccc(Br)cc21. The minimum Gasteiger partial charge on any atom is -0.351 e. The number of carbonyl (C=O) groups excluding carboxylic acids is 3. The summed E-state index contributed by atoms with van der Waals surface area (Å²) < 4.78 is 23.6. The average Bonchev–Trinajstić information content (AvgIpc) is 2.99. The van der Waals surface area contributed by atoms with Crippen LogP contribution in [0.4, 0.5) is 5.69 Å². The van der Waals surface area contributed by atoms with Crippen LogP contribution in [0.1, 0.15) is 16.8 Å². The first-order valence-corrected chi connectivity index (χ1v) is 10.6. The fourth-order valence-electron chi connectivity index (χ4n) is 3.13. The second kappa shape index (κ2) is 7.09. The van der Waals surface area contributed by atoms with Gasteiger partial charge in [0.2, 0.25) is 5.91 Å². The summed E-state index contributed by atoms with van der Waals surface area (Å²) in [5, 5.41) is 2.70. The number of sulfone groups is 1. The van der Waals surface area contributed by atoms with E-state index in [4.69, 9.17) is 0 Å². The molecule has 1 aromatic rings. The molecule has 1 saturated heterocycles. The van der Waals surface area contributed by atoms with Crippen molar-refractivity contribution in [2.45, 2.75) is 12.5 Å². The highest BCUT2D eigenvalue weighted by molar-refractivity contribution is 9.10. The molecule has 0 aromatic heterocycles. The van der Waals surface area contributed by atoms with E-state index in [2.05, 4.69) is 21.2 Å². The summed E-state index contributed by atoms with van der Waals surface area (Å²) in [5.74, 6) is -1.47. The van der Waals surface area contributed by atoms with Gasteiger partial charge in [0.15, 0.2) is 9.84 Å². The highest BCUT2D eigenvalue weighted by atomic mass is 79.9. The molecule has 140 valence electrons. The third kappa shape index (κ3) is 3.97. The van der Waals surface area contributed by atoms with Crippen molar-refractivity contribution in [3.05, 3.63) is 28.2 Å². The molecule has 0 saturated carbocycles. The average molecular weight is 444 g/mol. The number of fused-ring (bicyclic) bond motifs is 1. The number of hydrogen-bond acceptors (Lipinski definition) is 6. The maximum Gasteiger partial charge on any atom is 0.300 e. The Kier molecular flexibility index (Phi) is 5.18. The largest absolute Gasteiger partial charge is 0.351 e. The predicted octanol–water partition coefficient (Wildman–Crippen LogP) is 0.171. The van der Waals surface area contributed by atoms with Crippen molar-refractivity contribution >= 4 is 49.1 Å². The van der Waals surface area contributed by atoms with Gasteiger partial charge in [0.05, 0.1) is 36.0 Å². The highest BCUT2D eigenvalue weighted by Crippen LogP contribution is 2.31. The fourth-order valence-corrected chi connectivity index (χ4v) is 5.15. The molecular formula is C16H18BrN3O5S. The van der Waals surface area contributed by atoms with Crippen LogP contribution in [-0.2, 0) is 19.4 Å². The maximum absolute atomic E-state index is 12.2. The Morgan fingerprint density at radius 2 is 2.12 bits per heavy atom. The zero-order chi connectivity index (χ0) is 19.1. The molecule has 2 heterocycles. The van der Waals surface area contributed by atoms with Crippen molar-refractivity contribution in [3.63, 3.8) is 0 Å². The van der Waals surface area contributed by atoms with E-state index >= 15 is 0 Å². The van der Waals surface area contributed by atoms with Gasteiger partial charge in [0.1, 0.15) is 0 Å². The van der Waals surface area contributed by atoms with Gasteiger partial charge in [0, 0.05) is 10.5 Å². The van der Waals surface area contributed by atoms with Gasteiger partial charge in [-0.3, -0.25) is 24.2 Å². The molecule has 2 amide bonds. The van der Waals surface area contributed by atoms with Crippen LogP contribution in [0.25, 0.3) is 0 Å². The van der Waals surface area contributed by atoms with E-state index < -0.39 is 21.5 Å². The van der Waals surface area contributed by atoms with E-state index in [-0.39, 0.29) is 36.7 Å². The van der Waals surface area contributed by atoms with E-state index in [0.717, 1.165) is 4.47 Å². The van der Waals surface area contributed by atoms with Gasteiger partial charge in [-0.2, -0.15) is 0 Å². The number of nitrogens with zero attached hydrogens (tertiary/aromatic N) is 2. The second-order valence-corrected chi connectivity index (χ2v) is 9.69. The van der Waals surface area contributed by atoms with Crippen LogP contribution in [0, 0.1) is 0 Å². The zero-order valence-corrected chi connectivity index (χ0v) is 16.5. The van der Waals surface area contributed by atoms with Crippen molar-refractivity contribution in [1.29, 1.82) is 0 Å². The molecule has 8 nitrogen and oxygen atoms in total. The summed E-state index contributed by atoms with van der Waals surface area (Å²) in [4.78, 5) is 39.3. The number of amides is 2. The minimum atomic E-state index is -3.06. The lowest BCUT2D eigenvalue weighted by Gasteiger charge is -2.24. The van der Waals surface area contributed by atoms with Crippen LogP contribution in [0.2, 0.25) is 0 Å². The lowest BCUT2D eigenvalue weighted by molar-refractivity contribution is -0.123. The standard InChI is InChI=1S/C16H18BrN3O5S/c1-19(7-14(21)18-11-4-5-26(24,25)8-11)9-20-13-6-10(17)2-3-12(13)15(22)16(20)23/h2-3,6,11H,4-5,7-9H2,1H3,(H,18,21). The van der Waals surface area contributed by atoms with Crippen LogP contribution in [-0.4, -0.2) is 68.7 Å². The van der Waals surface area contributed by atoms with Gasteiger partial charge < -0.3 is 5.32 Å². The van der Waals surface area contributed by atoms with Crippen LogP contribution in [0.15, 0.2) is 22.7 Å². The van der Waals surface area contributed by atoms with Gasteiger partial charge in [-0.15, -0.1) is 0 Å². The Bertz CT molecular complexity index is 886. The molecule has 0 radical (unpaired) electrons. The van der Waals surface area contributed by atoms with Crippen LogP contribution < -0.4 is 10.2 Å². The lowest BCUT2D eigenvalue weighted by atomic mass is 10.1. The third-order valence-electron chi connectivity index (χ3n) is 4.33. The number of likely N-dealkylation sites (N-methyl/N-ethyl adjacent to an activating group) is 1. The van der Waals surface area contributed by atoms with E-state index in [1.54, 1.807) is 30.1 Å². The smallest absolute Gasteiger partial charge is 0.300 e. The topological polar surface area (TPSA) is 104 Å². The normalized spacial score (nSPS) is 21.3. The molecule has 1 atom stereocenters. The molecule has 3 rings (SSSR count). The highest BCUT2D eigenvalue weighted by Gasteiger charge is 2.36. The predicted molar refractivity (Wildman–Crippen MR) is 98.7 cm³/mol. The second-order valence-electron chi connectivity index (χ2n) is 6.55. The maximum atomic E-state index is 12.2. The summed E-state index contributed by atoms with van der Waals surface area (Å²) in [6, 6.07) is 4.61. The van der Waals surface area contributed by atoms with Gasteiger partial charge in [0.25, 0.3) is 5.78 Å². The quantitative estimate of drug-likeness (QED) is 0.650. The summed E-state index contributed by atoms with van der Waals surface area (Å²) >= 11 is 3.32. The fraction of sp³-hybridized carbons (Fsp3) is 0.438. The Morgan fingerprint density at radius 1 is 1.38 bits per heavy atom. The molecule has 0 aliphatic carbocycles. The molecule has 2 aliphatic heterocycles. The van der Waals surface area contributed by atoms with Gasteiger partial charge in [-0.1, -0.05) is 15.9 Å². The number of nitrogens with one attached hydrogen (secondary N) is 1. The number of anilines is 1.